The van der Waals surface area contributed by atoms with E-state index in [4.69, 9.17) is 18.0 Å². The monoisotopic (exact) mass is 298 g/mol. The summed E-state index contributed by atoms with van der Waals surface area (Å²) in [5.41, 5.74) is 5.60. The van der Waals surface area contributed by atoms with Gasteiger partial charge in [0.05, 0.1) is 0 Å². The van der Waals surface area contributed by atoms with Crippen molar-refractivity contribution in [1.82, 2.24) is 10.2 Å². The summed E-state index contributed by atoms with van der Waals surface area (Å²) < 4.78 is 0. The van der Waals surface area contributed by atoms with Crippen LogP contribution in [0.25, 0.3) is 0 Å². The van der Waals surface area contributed by atoms with Crippen LogP contribution in [0.1, 0.15) is 49.5 Å². The molecule has 3 N–H and O–H groups in total. The minimum absolute atomic E-state index is 0.167. The molecule has 0 bridgehead atoms. The quantitative estimate of drug-likeness (QED) is 0.815. The zero-order valence-electron chi connectivity index (χ0n) is 10.7. The molecule has 1 aliphatic rings. The number of amides is 1. The molecule has 1 fully saturated rings. The Morgan fingerprint density at radius 3 is 2.89 bits per heavy atom. The van der Waals surface area contributed by atoms with E-state index in [0.717, 1.165) is 5.01 Å². The van der Waals surface area contributed by atoms with Crippen molar-refractivity contribution in [2.24, 2.45) is 5.73 Å². The first-order valence-corrected chi connectivity index (χ1v) is 7.82. The second-order valence-electron chi connectivity index (χ2n) is 4.83. The molecule has 104 valence electrons. The van der Waals surface area contributed by atoms with Gasteiger partial charge in [-0.15, -0.1) is 10.2 Å². The molecule has 1 atom stereocenters. The van der Waals surface area contributed by atoms with Crippen LogP contribution in [0.5, 0.6) is 0 Å². The molecule has 0 spiro atoms. The van der Waals surface area contributed by atoms with Crippen LogP contribution in [0, 0.1) is 0 Å². The molecule has 5 nitrogen and oxygen atoms in total. The Labute approximate surface area is 122 Å². The van der Waals surface area contributed by atoms with Gasteiger partial charge in [0.25, 0.3) is 0 Å². The number of rotatable bonds is 5. The van der Waals surface area contributed by atoms with Gasteiger partial charge in [0.1, 0.15) is 5.01 Å². The number of nitrogens with two attached hydrogens (primary N) is 1. The van der Waals surface area contributed by atoms with Crippen molar-refractivity contribution < 1.29 is 4.79 Å². The zero-order chi connectivity index (χ0) is 13.7. The topological polar surface area (TPSA) is 80.9 Å². The second-order valence-corrected chi connectivity index (χ2v) is 6.11. The summed E-state index contributed by atoms with van der Waals surface area (Å²) in [5, 5.41) is 13.9. The summed E-state index contributed by atoms with van der Waals surface area (Å²) in [7, 11) is 0. The molecule has 1 unspecified atom stereocenters. The van der Waals surface area contributed by atoms with Gasteiger partial charge in [-0.1, -0.05) is 42.8 Å². The molecular formula is C12H18N4OS2. The van der Waals surface area contributed by atoms with Crippen molar-refractivity contribution >= 4 is 40.0 Å². The van der Waals surface area contributed by atoms with Gasteiger partial charge in [0.15, 0.2) is 0 Å². The van der Waals surface area contributed by atoms with Crippen molar-refractivity contribution in [3.8, 4) is 0 Å². The Balaban J connectivity index is 1.89. The van der Waals surface area contributed by atoms with Gasteiger partial charge in [-0.05, 0) is 18.2 Å². The average molecular weight is 298 g/mol. The van der Waals surface area contributed by atoms with E-state index in [1.165, 1.54) is 48.8 Å². The maximum absolute atomic E-state index is 11.6. The molecule has 19 heavy (non-hydrogen) atoms. The lowest BCUT2D eigenvalue weighted by Crippen LogP contribution is -2.27. The highest BCUT2D eigenvalue weighted by molar-refractivity contribution is 7.79. The standard InChI is InChI=1S/C12H18N4OS2/c13-9(7-18)6-10(17)14-12-16-15-11(19-12)8-4-2-1-3-5-8/h7-9H,1-6,13H2,(H,14,16,17). The highest BCUT2D eigenvalue weighted by Gasteiger charge is 2.20. The van der Waals surface area contributed by atoms with Crippen molar-refractivity contribution in [3.63, 3.8) is 0 Å². The van der Waals surface area contributed by atoms with Gasteiger partial charge < -0.3 is 11.1 Å². The third-order valence-electron chi connectivity index (χ3n) is 3.24. The molecule has 0 radical (unpaired) electrons. The summed E-state index contributed by atoms with van der Waals surface area (Å²) in [5.74, 6) is 0.347. The Morgan fingerprint density at radius 2 is 2.21 bits per heavy atom. The van der Waals surface area contributed by atoms with E-state index in [1.54, 1.807) is 0 Å². The number of anilines is 1. The van der Waals surface area contributed by atoms with Crippen molar-refractivity contribution in [2.45, 2.75) is 50.5 Å². The summed E-state index contributed by atoms with van der Waals surface area (Å²) in [4.78, 5) is 11.6. The van der Waals surface area contributed by atoms with Crippen LogP contribution in [-0.4, -0.2) is 27.5 Å². The van der Waals surface area contributed by atoms with Crippen molar-refractivity contribution in [3.05, 3.63) is 5.01 Å². The van der Waals surface area contributed by atoms with Crippen LogP contribution in [0.15, 0.2) is 0 Å². The summed E-state index contributed by atoms with van der Waals surface area (Å²) in [6.45, 7) is 0. The number of nitrogens with zero attached hydrogens (tertiary/aromatic N) is 2. The van der Waals surface area contributed by atoms with E-state index < -0.39 is 0 Å². The fourth-order valence-electron chi connectivity index (χ4n) is 2.23. The number of carbonyl (C=O) groups excluding carboxylic acids is 1. The van der Waals surface area contributed by atoms with E-state index in [1.807, 2.05) is 0 Å². The first-order valence-electron chi connectivity index (χ1n) is 6.53. The van der Waals surface area contributed by atoms with Gasteiger partial charge in [-0.2, -0.15) is 0 Å². The van der Waals surface area contributed by atoms with Crippen LogP contribution in [0.4, 0.5) is 5.13 Å². The smallest absolute Gasteiger partial charge is 0.228 e. The van der Waals surface area contributed by atoms with Crippen LogP contribution < -0.4 is 11.1 Å². The predicted octanol–water partition coefficient (Wildman–Crippen LogP) is 2.24. The minimum atomic E-state index is -0.388. The van der Waals surface area contributed by atoms with Crippen LogP contribution in [0.3, 0.4) is 0 Å². The minimum Gasteiger partial charge on any atom is -0.323 e. The molecule has 0 aliphatic heterocycles. The lowest BCUT2D eigenvalue weighted by atomic mass is 9.90. The Morgan fingerprint density at radius 1 is 1.47 bits per heavy atom. The third-order valence-corrected chi connectivity index (χ3v) is 4.59. The van der Waals surface area contributed by atoms with Crippen LogP contribution in [-0.2, 0) is 4.79 Å². The molecule has 1 amide bonds. The fraction of sp³-hybridized carbons (Fsp3) is 0.667. The molecule has 1 saturated carbocycles. The molecule has 0 saturated heterocycles. The number of nitrogens with one attached hydrogen (secondary N) is 1. The number of carbonyl (C=O) groups is 1. The first-order chi connectivity index (χ1) is 9.19. The van der Waals surface area contributed by atoms with Gasteiger partial charge >= 0.3 is 0 Å². The molecule has 1 aromatic heterocycles. The fourth-order valence-corrected chi connectivity index (χ4v) is 3.26. The van der Waals surface area contributed by atoms with Gasteiger partial charge in [-0.3, -0.25) is 4.79 Å². The third kappa shape index (κ3) is 4.29. The second kappa shape index (κ2) is 7.02. The molecule has 2 rings (SSSR count). The highest BCUT2D eigenvalue weighted by Crippen LogP contribution is 2.35. The van der Waals surface area contributed by atoms with Gasteiger partial charge in [0.2, 0.25) is 11.0 Å². The molecule has 1 aromatic rings. The number of thiocarbonyl (C=S) groups is 1. The zero-order valence-corrected chi connectivity index (χ0v) is 12.3. The summed E-state index contributed by atoms with van der Waals surface area (Å²) >= 11 is 6.16. The maximum Gasteiger partial charge on any atom is 0.228 e. The summed E-state index contributed by atoms with van der Waals surface area (Å²) in [6.07, 6.45) is 6.37. The Bertz CT molecular complexity index is 443. The molecule has 1 aliphatic carbocycles. The van der Waals surface area contributed by atoms with Crippen molar-refractivity contribution in [1.29, 1.82) is 0 Å². The average Bonchev–Trinajstić information content (AvgIpc) is 2.88. The van der Waals surface area contributed by atoms with E-state index in [0.29, 0.717) is 11.0 Å². The van der Waals surface area contributed by atoms with Gasteiger partial charge in [-0.25, -0.2) is 0 Å². The number of hydrogen-bond donors (Lipinski definition) is 2. The van der Waals surface area contributed by atoms with Crippen molar-refractivity contribution in [2.75, 3.05) is 5.32 Å². The SMILES string of the molecule is NC(C=S)CC(=O)Nc1nnc(C2CCCCC2)s1. The highest BCUT2D eigenvalue weighted by atomic mass is 32.1. The van der Waals surface area contributed by atoms with Crippen LogP contribution in [0.2, 0.25) is 0 Å². The summed E-state index contributed by atoms with van der Waals surface area (Å²) in [6, 6.07) is -0.388. The van der Waals surface area contributed by atoms with E-state index in [9.17, 15) is 4.79 Å². The molecule has 0 aromatic carbocycles. The lowest BCUT2D eigenvalue weighted by Gasteiger charge is -2.18. The van der Waals surface area contributed by atoms with Gasteiger partial charge in [0, 0.05) is 18.4 Å². The van der Waals surface area contributed by atoms with E-state index in [-0.39, 0.29) is 18.4 Å². The normalized spacial score (nSPS) is 17.9. The maximum atomic E-state index is 11.6. The number of hydrogen-bond acceptors (Lipinski definition) is 6. The molecular weight excluding hydrogens is 280 g/mol. The largest absolute Gasteiger partial charge is 0.323 e. The van der Waals surface area contributed by atoms with E-state index >= 15 is 0 Å². The predicted molar refractivity (Wildman–Crippen MR) is 80.6 cm³/mol. The van der Waals surface area contributed by atoms with Crippen LogP contribution >= 0.6 is 23.6 Å². The number of aromatic nitrogens is 2. The van der Waals surface area contributed by atoms with E-state index in [2.05, 4.69) is 15.5 Å². The first kappa shape index (κ1) is 14.5. The lowest BCUT2D eigenvalue weighted by molar-refractivity contribution is -0.116. The molecule has 1 heterocycles. The molecule has 7 heteroatoms. The Kier molecular flexibility index (Phi) is 5.35. The Hall–Kier alpha value is -0.920.